The summed E-state index contributed by atoms with van der Waals surface area (Å²) in [7, 11) is 2.27. The van der Waals surface area contributed by atoms with Crippen LogP contribution in [0.2, 0.25) is 0 Å². The van der Waals surface area contributed by atoms with Crippen LogP contribution in [0.1, 0.15) is 32.6 Å². The van der Waals surface area contributed by atoms with Gasteiger partial charge in [-0.2, -0.15) is 0 Å². The highest BCUT2D eigenvalue weighted by Crippen LogP contribution is 2.26. The van der Waals surface area contributed by atoms with Crippen LogP contribution < -0.4 is 5.32 Å². The van der Waals surface area contributed by atoms with Crippen molar-refractivity contribution >= 4 is 21.6 Å². The van der Waals surface area contributed by atoms with E-state index < -0.39 is 0 Å². The van der Waals surface area contributed by atoms with Gasteiger partial charge in [-0.05, 0) is 50.1 Å². The third-order valence-corrected chi connectivity index (χ3v) is 4.70. The highest BCUT2D eigenvalue weighted by Gasteiger charge is 2.21. The molecule has 1 saturated carbocycles. The van der Waals surface area contributed by atoms with E-state index in [1.807, 2.05) is 0 Å². The van der Waals surface area contributed by atoms with Crippen LogP contribution in [0, 0.1) is 5.92 Å². The van der Waals surface area contributed by atoms with Gasteiger partial charge in [-0.15, -0.1) is 0 Å². The van der Waals surface area contributed by atoms with Crippen LogP contribution in [-0.2, 0) is 0 Å². The summed E-state index contributed by atoms with van der Waals surface area (Å²) in [6, 6.07) is 9.18. The second-order valence-corrected chi connectivity index (χ2v) is 6.76. The fraction of sp³-hybridized carbons (Fsp3) is 0.625. The first-order chi connectivity index (χ1) is 9.15. The molecule has 1 aromatic carbocycles. The van der Waals surface area contributed by atoms with Crippen molar-refractivity contribution < 1.29 is 0 Å². The molecule has 1 aliphatic carbocycles. The maximum atomic E-state index is 3.49. The van der Waals surface area contributed by atoms with Crippen LogP contribution in [0.15, 0.2) is 28.7 Å². The molecule has 0 amide bonds. The number of nitrogens with one attached hydrogen (secondary N) is 1. The third-order valence-electron chi connectivity index (χ3n) is 4.17. The topological polar surface area (TPSA) is 15.3 Å². The van der Waals surface area contributed by atoms with Gasteiger partial charge >= 0.3 is 0 Å². The Labute approximate surface area is 125 Å². The predicted molar refractivity (Wildman–Crippen MR) is 86.7 cm³/mol. The summed E-state index contributed by atoms with van der Waals surface area (Å²) >= 11 is 3.46. The Bertz CT molecular complexity index is 377. The lowest BCUT2D eigenvalue weighted by Gasteiger charge is -2.34. The van der Waals surface area contributed by atoms with Gasteiger partial charge in [-0.25, -0.2) is 0 Å². The third kappa shape index (κ3) is 4.81. The van der Waals surface area contributed by atoms with Gasteiger partial charge in [-0.1, -0.05) is 35.7 Å². The summed E-state index contributed by atoms with van der Waals surface area (Å²) in [4.78, 5) is 2.53. The molecule has 0 spiro atoms. The molecular weight excluding hydrogens is 300 g/mol. The maximum Gasteiger partial charge on any atom is 0.0341 e. The molecule has 0 aliphatic heterocycles. The zero-order valence-corrected chi connectivity index (χ0v) is 13.6. The van der Waals surface area contributed by atoms with Crippen LogP contribution in [-0.4, -0.2) is 31.1 Å². The largest absolute Gasteiger partial charge is 0.384 e. The van der Waals surface area contributed by atoms with E-state index in [9.17, 15) is 0 Å². The Kier molecular flexibility index (Phi) is 5.71. The quantitative estimate of drug-likeness (QED) is 0.865. The fourth-order valence-electron chi connectivity index (χ4n) is 2.93. The summed E-state index contributed by atoms with van der Waals surface area (Å²) in [6.45, 7) is 4.52. The fourth-order valence-corrected chi connectivity index (χ4v) is 3.19. The normalized spacial score (nSPS) is 23.6. The van der Waals surface area contributed by atoms with Crippen molar-refractivity contribution in [2.75, 3.05) is 25.5 Å². The highest BCUT2D eigenvalue weighted by atomic mass is 79.9. The number of hydrogen-bond acceptors (Lipinski definition) is 2. The summed E-state index contributed by atoms with van der Waals surface area (Å²) < 4.78 is 1.13. The Hall–Kier alpha value is -0.540. The Morgan fingerprint density at radius 3 is 2.68 bits per heavy atom. The number of likely N-dealkylation sites (N-methyl/N-ethyl adjacent to an activating group) is 1. The molecule has 0 radical (unpaired) electrons. The van der Waals surface area contributed by atoms with Crippen molar-refractivity contribution in [3.05, 3.63) is 28.7 Å². The minimum Gasteiger partial charge on any atom is -0.384 e. The van der Waals surface area contributed by atoms with E-state index in [0.717, 1.165) is 29.5 Å². The number of nitrogens with zero attached hydrogens (tertiary/aromatic N) is 1. The number of benzene rings is 1. The molecule has 2 unspecified atom stereocenters. The zero-order valence-electron chi connectivity index (χ0n) is 12.0. The van der Waals surface area contributed by atoms with E-state index in [1.165, 1.54) is 31.4 Å². The second-order valence-electron chi connectivity index (χ2n) is 5.84. The minimum absolute atomic E-state index is 0.787. The first-order valence-corrected chi connectivity index (χ1v) is 8.14. The molecule has 2 rings (SSSR count). The van der Waals surface area contributed by atoms with E-state index in [-0.39, 0.29) is 0 Å². The van der Waals surface area contributed by atoms with Gasteiger partial charge in [0.1, 0.15) is 0 Å². The maximum absolute atomic E-state index is 3.49. The molecule has 0 saturated heterocycles. The van der Waals surface area contributed by atoms with E-state index >= 15 is 0 Å². The van der Waals surface area contributed by atoms with Crippen LogP contribution in [0.5, 0.6) is 0 Å². The lowest BCUT2D eigenvalue weighted by Crippen LogP contribution is -2.38. The molecule has 2 atom stereocenters. The number of rotatable bonds is 5. The minimum atomic E-state index is 0.787. The Balaban J connectivity index is 1.71. The molecule has 2 nitrogen and oxygen atoms in total. The van der Waals surface area contributed by atoms with Crippen molar-refractivity contribution in [1.82, 2.24) is 4.90 Å². The molecular formula is C16H25BrN2. The van der Waals surface area contributed by atoms with Gasteiger partial charge in [0.25, 0.3) is 0 Å². The Morgan fingerprint density at radius 1 is 1.26 bits per heavy atom. The SMILES string of the molecule is CC1CCCC(N(C)CCNc2ccc(Br)cc2)C1. The summed E-state index contributed by atoms with van der Waals surface area (Å²) in [5.74, 6) is 0.903. The van der Waals surface area contributed by atoms with Crippen LogP contribution in [0.25, 0.3) is 0 Å². The summed E-state index contributed by atoms with van der Waals surface area (Å²) in [5.41, 5.74) is 1.20. The van der Waals surface area contributed by atoms with E-state index in [2.05, 4.69) is 64.4 Å². The lowest BCUT2D eigenvalue weighted by atomic mass is 9.86. The Morgan fingerprint density at radius 2 is 2.00 bits per heavy atom. The van der Waals surface area contributed by atoms with Gasteiger partial charge in [0, 0.05) is 29.3 Å². The number of halogens is 1. The highest BCUT2D eigenvalue weighted by molar-refractivity contribution is 9.10. The van der Waals surface area contributed by atoms with Gasteiger partial charge in [0.05, 0.1) is 0 Å². The molecule has 19 heavy (non-hydrogen) atoms. The van der Waals surface area contributed by atoms with Crippen LogP contribution in [0.4, 0.5) is 5.69 Å². The van der Waals surface area contributed by atoms with Gasteiger partial charge in [-0.3, -0.25) is 0 Å². The van der Waals surface area contributed by atoms with Gasteiger partial charge in [0.2, 0.25) is 0 Å². The second kappa shape index (κ2) is 7.30. The van der Waals surface area contributed by atoms with Crippen molar-refractivity contribution in [3.63, 3.8) is 0 Å². The van der Waals surface area contributed by atoms with Crippen molar-refractivity contribution in [2.45, 2.75) is 38.6 Å². The molecule has 1 N–H and O–H groups in total. The molecule has 106 valence electrons. The predicted octanol–water partition coefficient (Wildman–Crippen LogP) is 4.37. The molecule has 0 aromatic heterocycles. The van der Waals surface area contributed by atoms with Crippen molar-refractivity contribution in [2.24, 2.45) is 5.92 Å². The van der Waals surface area contributed by atoms with Gasteiger partial charge < -0.3 is 10.2 Å². The van der Waals surface area contributed by atoms with E-state index in [0.29, 0.717) is 0 Å². The van der Waals surface area contributed by atoms with Crippen LogP contribution in [0.3, 0.4) is 0 Å². The van der Waals surface area contributed by atoms with Crippen molar-refractivity contribution in [3.8, 4) is 0 Å². The zero-order chi connectivity index (χ0) is 13.7. The monoisotopic (exact) mass is 324 g/mol. The smallest absolute Gasteiger partial charge is 0.0341 e. The molecule has 3 heteroatoms. The van der Waals surface area contributed by atoms with Crippen molar-refractivity contribution in [1.29, 1.82) is 0 Å². The first kappa shape index (κ1) is 14.9. The molecule has 1 fully saturated rings. The average Bonchev–Trinajstić information content (AvgIpc) is 2.41. The van der Waals surface area contributed by atoms with E-state index in [4.69, 9.17) is 0 Å². The summed E-state index contributed by atoms with van der Waals surface area (Å²) in [5, 5.41) is 3.49. The molecule has 0 bridgehead atoms. The lowest BCUT2D eigenvalue weighted by molar-refractivity contribution is 0.169. The number of anilines is 1. The van der Waals surface area contributed by atoms with Crippen LogP contribution >= 0.6 is 15.9 Å². The first-order valence-electron chi connectivity index (χ1n) is 7.35. The van der Waals surface area contributed by atoms with Gasteiger partial charge in [0.15, 0.2) is 0 Å². The average molecular weight is 325 g/mol. The molecule has 1 aliphatic rings. The molecule has 0 heterocycles. The number of hydrogen-bond donors (Lipinski definition) is 1. The molecule has 1 aromatic rings. The standard InChI is InChI=1S/C16H25BrN2/c1-13-4-3-5-16(12-13)19(2)11-10-18-15-8-6-14(17)7-9-15/h6-9,13,16,18H,3-5,10-12H2,1-2H3. The summed E-state index contributed by atoms with van der Waals surface area (Å²) in [6.07, 6.45) is 5.56. The van der Waals surface area contributed by atoms with E-state index in [1.54, 1.807) is 0 Å².